The van der Waals surface area contributed by atoms with Crippen LogP contribution in [-0.4, -0.2) is 36.9 Å². The van der Waals surface area contributed by atoms with Gasteiger partial charge in [-0.15, -0.1) is 0 Å². The number of halogens is 1. The van der Waals surface area contributed by atoms with Gasteiger partial charge in [-0.3, -0.25) is 24.3 Å². The van der Waals surface area contributed by atoms with Crippen LogP contribution in [0.4, 0.5) is 5.69 Å². The van der Waals surface area contributed by atoms with Gasteiger partial charge in [-0.25, -0.2) is 0 Å². The number of hydrogen-bond acceptors (Lipinski definition) is 5. The summed E-state index contributed by atoms with van der Waals surface area (Å²) in [4.78, 5) is 22.5. The molecule has 2 heterocycles. The van der Waals surface area contributed by atoms with Crippen molar-refractivity contribution in [3.63, 3.8) is 0 Å². The van der Waals surface area contributed by atoms with Crippen LogP contribution in [0.1, 0.15) is 35.6 Å². The van der Waals surface area contributed by atoms with Gasteiger partial charge in [0.05, 0.1) is 27.9 Å². The van der Waals surface area contributed by atoms with E-state index in [1.165, 1.54) is 4.68 Å². The smallest absolute Gasteiger partial charge is 0.312 e. The van der Waals surface area contributed by atoms with Gasteiger partial charge in [0.15, 0.2) is 0 Å². The van der Waals surface area contributed by atoms with Crippen LogP contribution in [0.2, 0.25) is 5.02 Å². The molecule has 2 rings (SSSR count). The molecular weight excluding hydrogens is 360 g/mol. The van der Waals surface area contributed by atoms with Crippen LogP contribution in [0, 0.1) is 37.8 Å². The van der Waals surface area contributed by atoms with Crippen molar-refractivity contribution in [2.45, 2.75) is 53.6 Å². The molecule has 10 heteroatoms. The molecule has 9 nitrogen and oxygen atoms in total. The molecule has 0 aliphatic rings. The summed E-state index contributed by atoms with van der Waals surface area (Å²) < 4.78 is 3.34. The van der Waals surface area contributed by atoms with E-state index in [1.807, 2.05) is 18.5 Å². The van der Waals surface area contributed by atoms with E-state index >= 15 is 0 Å². The molecule has 0 bridgehead atoms. The van der Waals surface area contributed by atoms with Gasteiger partial charge >= 0.3 is 5.69 Å². The standard InChI is InChI=1S/C16H23ClN6O3/c1-10-15(17)12(3)21(19-10)8-5-7-18-14(24)6-9-22-13(4)16(23(25)26)11(2)20-22/h5-9H2,1-4H3,(H,18,24). The summed E-state index contributed by atoms with van der Waals surface area (Å²) >= 11 is 6.10. The fourth-order valence-corrected chi connectivity index (χ4v) is 2.95. The monoisotopic (exact) mass is 382 g/mol. The number of aromatic nitrogens is 4. The predicted molar refractivity (Wildman–Crippen MR) is 97.3 cm³/mol. The SMILES string of the molecule is Cc1nn(CCCNC(=O)CCn2nc(C)c([N+](=O)[O-])c2C)c(C)c1Cl. The normalized spacial score (nSPS) is 11.0. The molecule has 0 aliphatic heterocycles. The van der Waals surface area contributed by atoms with Gasteiger partial charge in [0.1, 0.15) is 11.4 Å². The van der Waals surface area contributed by atoms with E-state index in [4.69, 9.17) is 11.6 Å². The minimum atomic E-state index is -0.445. The number of carbonyl (C=O) groups excluding carboxylic acids is 1. The Balaban J connectivity index is 1.77. The topological polar surface area (TPSA) is 108 Å². The second-order valence-corrected chi connectivity index (χ2v) is 6.54. The highest BCUT2D eigenvalue weighted by Crippen LogP contribution is 2.22. The summed E-state index contributed by atoms with van der Waals surface area (Å²) in [5.41, 5.74) is 2.54. The summed E-state index contributed by atoms with van der Waals surface area (Å²) in [5, 5.41) is 23.0. The highest BCUT2D eigenvalue weighted by atomic mass is 35.5. The molecule has 0 aromatic carbocycles. The van der Waals surface area contributed by atoms with Crippen molar-refractivity contribution < 1.29 is 9.72 Å². The number of rotatable bonds is 8. The zero-order valence-electron chi connectivity index (χ0n) is 15.4. The van der Waals surface area contributed by atoms with Gasteiger partial charge in [-0.2, -0.15) is 10.2 Å². The van der Waals surface area contributed by atoms with Crippen LogP contribution in [0.25, 0.3) is 0 Å². The quantitative estimate of drug-likeness (QED) is 0.428. The van der Waals surface area contributed by atoms with Gasteiger partial charge < -0.3 is 5.32 Å². The fraction of sp³-hybridized carbons (Fsp3) is 0.562. The van der Waals surface area contributed by atoms with E-state index in [9.17, 15) is 14.9 Å². The van der Waals surface area contributed by atoms with Gasteiger partial charge in [-0.05, 0) is 34.1 Å². The number of aryl methyl sites for hydroxylation is 4. The Hall–Kier alpha value is -2.42. The molecule has 1 N–H and O–H groups in total. The maximum Gasteiger partial charge on any atom is 0.312 e. The van der Waals surface area contributed by atoms with Crippen molar-refractivity contribution >= 4 is 23.2 Å². The van der Waals surface area contributed by atoms with E-state index in [1.54, 1.807) is 13.8 Å². The number of nitrogens with zero attached hydrogens (tertiary/aromatic N) is 5. The lowest BCUT2D eigenvalue weighted by Gasteiger charge is -2.07. The molecule has 0 aliphatic carbocycles. The number of hydrogen-bond donors (Lipinski definition) is 1. The number of nitrogens with one attached hydrogen (secondary N) is 1. The maximum atomic E-state index is 12.0. The Kier molecular flexibility index (Phi) is 6.36. The first-order chi connectivity index (χ1) is 12.2. The minimum Gasteiger partial charge on any atom is -0.356 e. The van der Waals surface area contributed by atoms with Crippen LogP contribution in [0.15, 0.2) is 0 Å². The van der Waals surface area contributed by atoms with Crippen molar-refractivity contribution in [3.8, 4) is 0 Å². The third-order valence-electron chi connectivity index (χ3n) is 4.24. The molecule has 0 fully saturated rings. The lowest BCUT2D eigenvalue weighted by Crippen LogP contribution is -2.26. The fourth-order valence-electron chi connectivity index (χ4n) is 2.81. The van der Waals surface area contributed by atoms with E-state index in [-0.39, 0.29) is 18.0 Å². The molecule has 0 radical (unpaired) electrons. The Morgan fingerprint density at radius 2 is 1.73 bits per heavy atom. The molecule has 0 unspecified atom stereocenters. The van der Waals surface area contributed by atoms with Gasteiger partial charge in [-0.1, -0.05) is 11.6 Å². The summed E-state index contributed by atoms with van der Waals surface area (Å²) in [6.45, 7) is 8.49. The Labute approximate surface area is 156 Å². The second-order valence-electron chi connectivity index (χ2n) is 6.16. The molecule has 142 valence electrons. The molecule has 0 saturated heterocycles. The summed E-state index contributed by atoms with van der Waals surface area (Å²) in [5.74, 6) is -0.119. The van der Waals surface area contributed by atoms with Crippen LogP contribution < -0.4 is 5.32 Å². The Bertz CT molecular complexity index is 827. The van der Waals surface area contributed by atoms with Crippen molar-refractivity contribution in [3.05, 3.63) is 37.9 Å². The van der Waals surface area contributed by atoms with Crippen molar-refractivity contribution in [2.24, 2.45) is 0 Å². The average molecular weight is 383 g/mol. The van der Waals surface area contributed by atoms with Crippen LogP contribution in [0.3, 0.4) is 0 Å². The lowest BCUT2D eigenvalue weighted by atomic mass is 10.3. The number of amides is 1. The largest absolute Gasteiger partial charge is 0.356 e. The van der Waals surface area contributed by atoms with Crippen LogP contribution in [0.5, 0.6) is 0 Å². The summed E-state index contributed by atoms with van der Waals surface area (Å²) in [7, 11) is 0. The Morgan fingerprint density at radius 1 is 1.12 bits per heavy atom. The zero-order chi connectivity index (χ0) is 19.4. The molecule has 26 heavy (non-hydrogen) atoms. The first-order valence-corrected chi connectivity index (χ1v) is 8.74. The third kappa shape index (κ3) is 4.40. The highest BCUT2D eigenvalue weighted by molar-refractivity contribution is 6.31. The van der Waals surface area contributed by atoms with Crippen LogP contribution in [-0.2, 0) is 17.9 Å². The molecule has 0 saturated carbocycles. The summed E-state index contributed by atoms with van der Waals surface area (Å²) in [6, 6.07) is 0. The summed E-state index contributed by atoms with van der Waals surface area (Å²) in [6.07, 6.45) is 0.945. The lowest BCUT2D eigenvalue weighted by molar-refractivity contribution is -0.386. The van der Waals surface area contributed by atoms with E-state index in [0.717, 1.165) is 17.8 Å². The number of carbonyl (C=O) groups is 1. The van der Waals surface area contributed by atoms with Crippen LogP contribution >= 0.6 is 11.6 Å². The van der Waals surface area contributed by atoms with E-state index < -0.39 is 4.92 Å². The first-order valence-electron chi connectivity index (χ1n) is 8.37. The first kappa shape index (κ1) is 19.9. The van der Waals surface area contributed by atoms with Gasteiger partial charge in [0.25, 0.3) is 0 Å². The van der Waals surface area contributed by atoms with Crippen molar-refractivity contribution in [2.75, 3.05) is 6.54 Å². The second kappa shape index (κ2) is 8.31. The van der Waals surface area contributed by atoms with Crippen molar-refractivity contribution in [1.82, 2.24) is 24.9 Å². The molecule has 0 spiro atoms. The third-order valence-corrected chi connectivity index (χ3v) is 4.79. The van der Waals surface area contributed by atoms with E-state index in [0.29, 0.717) is 36.0 Å². The maximum absolute atomic E-state index is 12.0. The van der Waals surface area contributed by atoms with Gasteiger partial charge in [0.2, 0.25) is 5.91 Å². The molecule has 2 aromatic rings. The van der Waals surface area contributed by atoms with E-state index in [2.05, 4.69) is 15.5 Å². The van der Waals surface area contributed by atoms with Gasteiger partial charge in [0, 0.05) is 19.5 Å². The molecular formula is C16H23ClN6O3. The average Bonchev–Trinajstić information content (AvgIpc) is 2.99. The predicted octanol–water partition coefficient (Wildman–Crippen LogP) is 2.47. The molecule has 0 atom stereocenters. The highest BCUT2D eigenvalue weighted by Gasteiger charge is 2.21. The van der Waals surface area contributed by atoms with Crippen molar-refractivity contribution in [1.29, 1.82) is 0 Å². The Morgan fingerprint density at radius 3 is 2.27 bits per heavy atom. The molecule has 2 aromatic heterocycles. The number of nitro groups is 1. The minimum absolute atomic E-state index is 0.00829. The zero-order valence-corrected chi connectivity index (χ0v) is 16.1. The molecule has 1 amide bonds.